The van der Waals surface area contributed by atoms with Gasteiger partial charge in [-0.2, -0.15) is 0 Å². The van der Waals surface area contributed by atoms with E-state index in [1.807, 2.05) is 15.9 Å². The number of benzene rings is 2. The van der Waals surface area contributed by atoms with Gasteiger partial charge in [0.05, 0.1) is 36.9 Å². The maximum atomic E-state index is 13.3. The van der Waals surface area contributed by atoms with Crippen molar-refractivity contribution in [2.45, 2.75) is 90.3 Å². The molecule has 4 aliphatic rings. The van der Waals surface area contributed by atoms with Gasteiger partial charge in [0.25, 0.3) is 5.91 Å². The second-order valence-electron chi connectivity index (χ2n) is 16.4. The number of hydrogen-bond donors (Lipinski definition) is 3. The molecule has 1 unspecified atom stereocenters. The van der Waals surface area contributed by atoms with Gasteiger partial charge in [0.1, 0.15) is 17.5 Å². The van der Waals surface area contributed by atoms with Crippen molar-refractivity contribution in [1.82, 2.24) is 20.0 Å². The highest BCUT2D eigenvalue weighted by molar-refractivity contribution is 8.14. The zero-order chi connectivity index (χ0) is 41.1. The van der Waals surface area contributed by atoms with Crippen molar-refractivity contribution in [3.8, 4) is 11.5 Å². The topological polar surface area (TPSA) is 145 Å². The quantitative estimate of drug-likeness (QED) is 0.137. The van der Waals surface area contributed by atoms with E-state index < -0.39 is 0 Å². The third-order valence-electron chi connectivity index (χ3n) is 11.9. The van der Waals surface area contributed by atoms with Crippen molar-refractivity contribution in [2.75, 3.05) is 89.9 Å². The normalized spacial score (nSPS) is 19.7. The number of ether oxygens (including phenoxy) is 3. The number of carbonyl (C=O) groups is 3. The predicted molar refractivity (Wildman–Crippen MR) is 229 cm³/mol. The summed E-state index contributed by atoms with van der Waals surface area (Å²) in [5.41, 5.74) is 3.54. The van der Waals surface area contributed by atoms with Crippen molar-refractivity contribution in [2.24, 2.45) is 10.9 Å². The number of piperidine rings is 1. The molecule has 2 atom stereocenters. The summed E-state index contributed by atoms with van der Waals surface area (Å²) in [4.78, 5) is 49.5. The van der Waals surface area contributed by atoms with Crippen LogP contribution in [0, 0.1) is 5.92 Å². The Morgan fingerprint density at radius 1 is 1.09 bits per heavy atom. The first-order valence-electron chi connectivity index (χ1n) is 21.3. The van der Waals surface area contributed by atoms with Crippen LogP contribution in [0.15, 0.2) is 41.4 Å². The zero-order valence-corrected chi connectivity index (χ0v) is 35.7. The number of phenolic OH excluding ortho intramolecular Hbond substituents is 1. The summed E-state index contributed by atoms with van der Waals surface area (Å²) in [5, 5.41) is 17.3. The Hall–Kier alpha value is -3.69. The lowest BCUT2D eigenvalue weighted by atomic mass is 9.89. The molecule has 0 radical (unpaired) electrons. The Kier molecular flexibility index (Phi) is 15.9. The van der Waals surface area contributed by atoms with E-state index in [0.29, 0.717) is 82.7 Å². The van der Waals surface area contributed by atoms with Crippen LogP contribution in [0.2, 0.25) is 0 Å². The molecule has 2 aromatic rings. The summed E-state index contributed by atoms with van der Waals surface area (Å²) < 4.78 is 17.9. The largest absolute Gasteiger partial charge is 0.506 e. The number of fused-ring (bicyclic) bond motifs is 1. The Labute approximate surface area is 348 Å². The number of likely N-dealkylation sites (tertiary alicyclic amines) is 1. The maximum absolute atomic E-state index is 13.3. The van der Waals surface area contributed by atoms with Crippen LogP contribution in [0.3, 0.4) is 0 Å². The molecule has 13 nitrogen and oxygen atoms in total. The van der Waals surface area contributed by atoms with Crippen LogP contribution < -0.4 is 15.4 Å². The first kappa shape index (κ1) is 43.9. The van der Waals surface area contributed by atoms with Gasteiger partial charge in [-0.3, -0.25) is 19.4 Å². The Morgan fingerprint density at radius 3 is 2.64 bits per heavy atom. The second-order valence-corrected chi connectivity index (χ2v) is 17.4. The van der Waals surface area contributed by atoms with E-state index in [-0.39, 0.29) is 47.8 Å². The standard InChI is InChI=1S/C44H64N6O7S/c1-5-32(4)50(22-18-45-17-11-35-9-10-37(51)40-41(35)56-28-38(52)47-40)39(53)14-25-55-24-13-34-8-6-7-33(27-34)12-19-48-20-15-44(16-21-48)30-49(23-26-57-44)43(54)36-29-58-42(46-36)31(2)3/h6-10,27,31-32,36,45,51H,5,11-26,28-30H2,1-4H3,(H,47,52)/t32-,36?/m1/s1. The SMILES string of the molecule is CC[C@@H](C)N(CCNCCc1ccc(O)c2c1OCC(=O)N2)C(=O)CCOCCc1cccc(CCN2CCC3(CC2)CN(C(=O)C2CSC(C(C)C)=N2)CCO3)c1. The fourth-order valence-electron chi connectivity index (χ4n) is 8.16. The molecule has 3 N–H and O–H groups in total. The molecular weight excluding hydrogens is 757 g/mol. The number of hydrogen-bond acceptors (Lipinski definition) is 11. The van der Waals surface area contributed by atoms with Crippen LogP contribution in [0.1, 0.15) is 70.1 Å². The van der Waals surface area contributed by atoms with Gasteiger partial charge in [0.15, 0.2) is 12.4 Å². The number of phenols is 1. The smallest absolute Gasteiger partial charge is 0.262 e. The number of morpholine rings is 1. The molecule has 0 saturated carbocycles. The van der Waals surface area contributed by atoms with E-state index in [2.05, 4.69) is 67.5 Å². The summed E-state index contributed by atoms with van der Waals surface area (Å²) in [5.74, 6) is 1.60. The molecule has 1 spiro atoms. The lowest BCUT2D eigenvalue weighted by molar-refractivity contribution is -0.160. The molecule has 2 aromatic carbocycles. The van der Waals surface area contributed by atoms with Crippen LogP contribution >= 0.6 is 11.8 Å². The average molecular weight is 821 g/mol. The summed E-state index contributed by atoms with van der Waals surface area (Å²) in [7, 11) is 0. The highest BCUT2D eigenvalue weighted by Gasteiger charge is 2.42. The van der Waals surface area contributed by atoms with Gasteiger partial charge in [0.2, 0.25) is 11.8 Å². The number of rotatable bonds is 19. The predicted octanol–water partition coefficient (Wildman–Crippen LogP) is 4.54. The zero-order valence-electron chi connectivity index (χ0n) is 34.9. The van der Waals surface area contributed by atoms with Crippen LogP contribution in [0.5, 0.6) is 11.5 Å². The monoisotopic (exact) mass is 820 g/mol. The van der Waals surface area contributed by atoms with Crippen molar-refractivity contribution in [1.29, 1.82) is 0 Å². The van der Waals surface area contributed by atoms with Crippen molar-refractivity contribution in [3.05, 3.63) is 53.1 Å². The minimum atomic E-state index is -0.285. The minimum absolute atomic E-state index is 0.0105. The fourth-order valence-corrected chi connectivity index (χ4v) is 9.24. The first-order valence-corrected chi connectivity index (χ1v) is 22.3. The molecule has 0 bridgehead atoms. The number of nitrogens with one attached hydrogen (secondary N) is 2. The van der Waals surface area contributed by atoms with E-state index in [1.165, 1.54) is 11.1 Å². The van der Waals surface area contributed by atoms with Crippen molar-refractivity contribution >= 4 is 40.2 Å². The lowest BCUT2D eigenvalue weighted by Crippen LogP contribution is -2.59. The van der Waals surface area contributed by atoms with Crippen molar-refractivity contribution in [3.63, 3.8) is 0 Å². The molecule has 6 rings (SSSR count). The number of aliphatic imine (C=N–C) groups is 1. The molecule has 0 aromatic heterocycles. The average Bonchev–Trinajstić information content (AvgIpc) is 3.73. The molecule has 2 fully saturated rings. The summed E-state index contributed by atoms with van der Waals surface area (Å²) >= 11 is 1.73. The molecule has 14 heteroatoms. The number of amides is 3. The Bertz CT molecular complexity index is 1750. The van der Waals surface area contributed by atoms with Gasteiger partial charge >= 0.3 is 0 Å². The molecule has 58 heavy (non-hydrogen) atoms. The first-order chi connectivity index (χ1) is 28.0. The van der Waals surface area contributed by atoms with Crippen LogP contribution in [0.25, 0.3) is 0 Å². The second kappa shape index (κ2) is 21.0. The van der Waals surface area contributed by atoms with Crippen molar-refractivity contribution < 1.29 is 33.7 Å². The Morgan fingerprint density at radius 2 is 1.88 bits per heavy atom. The van der Waals surface area contributed by atoms with Crippen LogP contribution in [-0.2, 0) is 43.1 Å². The molecule has 4 aliphatic heterocycles. The van der Waals surface area contributed by atoms with E-state index in [1.54, 1.807) is 17.8 Å². The number of thioether (sulfide) groups is 1. The molecule has 2 saturated heterocycles. The van der Waals surface area contributed by atoms with Gasteiger partial charge in [0, 0.05) is 63.5 Å². The molecule has 318 valence electrons. The lowest BCUT2D eigenvalue weighted by Gasteiger charge is -2.47. The minimum Gasteiger partial charge on any atom is -0.506 e. The van der Waals surface area contributed by atoms with Gasteiger partial charge in [-0.1, -0.05) is 51.1 Å². The number of nitrogens with zero attached hydrogens (tertiary/aromatic N) is 4. The third-order valence-corrected chi connectivity index (χ3v) is 13.2. The Balaban J connectivity index is 0.857. The highest BCUT2D eigenvalue weighted by Crippen LogP contribution is 2.39. The van der Waals surface area contributed by atoms with Gasteiger partial charge in [-0.25, -0.2) is 0 Å². The number of carbonyl (C=O) groups excluding carboxylic acids is 3. The summed E-state index contributed by atoms with van der Waals surface area (Å²) in [6.45, 7) is 16.1. The molecule has 4 heterocycles. The van der Waals surface area contributed by atoms with Gasteiger partial charge in [-0.15, -0.1) is 11.8 Å². The van der Waals surface area contributed by atoms with Crippen LogP contribution in [-0.4, -0.2) is 145 Å². The molecular formula is C44H64N6O7S. The molecule has 0 aliphatic carbocycles. The van der Waals surface area contributed by atoms with E-state index in [0.717, 1.165) is 68.1 Å². The van der Waals surface area contributed by atoms with Crippen LogP contribution in [0.4, 0.5) is 5.69 Å². The van der Waals surface area contributed by atoms with E-state index >= 15 is 0 Å². The van der Waals surface area contributed by atoms with E-state index in [9.17, 15) is 19.5 Å². The highest BCUT2D eigenvalue weighted by atomic mass is 32.2. The van der Waals surface area contributed by atoms with E-state index in [4.69, 9.17) is 19.2 Å². The fraction of sp³-hybridized carbons (Fsp3) is 0.636. The summed E-state index contributed by atoms with van der Waals surface area (Å²) in [6, 6.07) is 12.0. The number of aromatic hydroxyl groups is 1. The molecule has 3 amide bonds. The number of anilines is 1. The van der Waals surface area contributed by atoms with Gasteiger partial charge < -0.3 is 44.7 Å². The van der Waals surface area contributed by atoms with Gasteiger partial charge in [-0.05, 0) is 74.8 Å². The third kappa shape index (κ3) is 11.7. The summed E-state index contributed by atoms with van der Waals surface area (Å²) in [6.07, 6.45) is 5.51. The maximum Gasteiger partial charge on any atom is 0.262 e.